The monoisotopic (exact) mass is 287 g/mol. The van der Waals surface area contributed by atoms with Crippen LogP contribution in [0.1, 0.15) is 50.2 Å². The van der Waals surface area contributed by atoms with E-state index in [9.17, 15) is 0 Å². The van der Waals surface area contributed by atoms with Gasteiger partial charge in [-0.2, -0.15) is 0 Å². The third kappa shape index (κ3) is 3.11. The molecule has 0 saturated carbocycles. The molecular formula is C19H29NO. The fourth-order valence-corrected chi connectivity index (χ4v) is 4.38. The van der Waals surface area contributed by atoms with E-state index in [1.807, 2.05) is 0 Å². The van der Waals surface area contributed by atoms with E-state index in [0.717, 1.165) is 11.7 Å². The molecule has 2 nitrogen and oxygen atoms in total. The van der Waals surface area contributed by atoms with Gasteiger partial charge in [-0.3, -0.25) is 0 Å². The molecule has 1 unspecified atom stereocenters. The number of hydrogen-bond donors (Lipinski definition) is 0. The number of aryl methyl sites for hydroxylation is 1. The molecule has 1 aromatic carbocycles. The summed E-state index contributed by atoms with van der Waals surface area (Å²) in [5.74, 6) is 1.91. The van der Waals surface area contributed by atoms with E-state index in [0.29, 0.717) is 5.41 Å². The summed E-state index contributed by atoms with van der Waals surface area (Å²) in [6, 6.07) is 6.73. The van der Waals surface area contributed by atoms with Crippen molar-refractivity contribution < 1.29 is 4.74 Å². The van der Waals surface area contributed by atoms with Crippen LogP contribution < -0.4 is 4.74 Å². The van der Waals surface area contributed by atoms with Crippen molar-refractivity contribution in [3.63, 3.8) is 0 Å². The smallest absolute Gasteiger partial charge is 0.119 e. The number of hydrogen-bond acceptors (Lipinski definition) is 2. The molecule has 2 aliphatic rings. The lowest BCUT2D eigenvalue weighted by atomic mass is 9.66. The molecule has 1 aromatic rings. The number of methoxy groups -OCH3 is 1. The van der Waals surface area contributed by atoms with Gasteiger partial charge in [-0.05, 0) is 93.3 Å². The van der Waals surface area contributed by atoms with E-state index in [1.165, 1.54) is 51.6 Å². The summed E-state index contributed by atoms with van der Waals surface area (Å²) in [7, 11) is 4.03. The summed E-state index contributed by atoms with van der Waals surface area (Å²) in [5.41, 5.74) is 3.47. The minimum Gasteiger partial charge on any atom is -0.497 e. The average Bonchev–Trinajstić information content (AvgIpc) is 2.50. The molecule has 1 heterocycles. The molecule has 2 heteroatoms. The van der Waals surface area contributed by atoms with Crippen LogP contribution in [0.5, 0.6) is 5.75 Å². The first-order chi connectivity index (χ1) is 10.1. The molecule has 116 valence electrons. The number of rotatable bonds is 3. The Bertz CT molecular complexity index is 490. The van der Waals surface area contributed by atoms with Crippen molar-refractivity contribution in [2.24, 2.45) is 5.92 Å². The van der Waals surface area contributed by atoms with Gasteiger partial charge in [-0.25, -0.2) is 0 Å². The summed E-state index contributed by atoms with van der Waals surface area (Å²) in [6.45, 7) is 5.03. The van der Waals surface area contributed by atoms with Gasteiger partial charge in [0.25, 0.3) is 0 Å². The maximum Gasteiger partial charge on any atom is 0.119 e. The number of piperidine rings is 1. The normalized spacial score (nSPS) is 27.4. The number of likely N-dealkylation sites (tertiary alicyclic amines) is 1. The molecule has 0 N–H and O–H groups in total. The highest BCUT2D eigenvalue weighted by atomic mass is 16.5. The fourth-order valence-electron chi connectivity index (χ4n) is 4.38. The van der Waals surface area contributed by atoms with Crippen LogP contribution in [0.2, 0.25) is 0 Å². The van der Waals surface area contributed by atoms with Crippen LogP contribution in [0.25, 0.3) is 0 Å². The third-order valence-corrected chi connectivity index (χ3v) is 5.72. The van der Waals surface area contributed by atoms with Crippen molar-refractivity contribution in [1.29, 1.82) is 0 Å². The van der Waals surface area contributed by atoms with Crippen LogP contribution in [0, 0.1) is 5.92 Å². The standard InChI is InChI=1S/C19H29NO/c1-19(14-15-8-11-20(2)12-9-15)10-4-5-16-6-7-17(21-3)13-18(16)19/h6-7,13,15H,4-5,8-12,14H2,1-3H3. The number of ether oxygens (including phenoxy) is 1. The highest BCUT2D eigenvalue weighted by Gasteiger charge is 2.35. The molecule has 0 radical (unpaired) electrons. The minimum absolute atomic E-state index is 0.350. The van der Waals surface area contributed by atoms with Gasteiger partial charge in [-0.1, -0.05) is 13.0 Å². The summed E-state index contributed by atoms with van der Waals surface area (Å²) in [6.07, 6.45) is 7.99. The van der Waals surface area contributed by atoms with Crippen LogP contribution in [0.15, 0.2) is 18.2 Å². The van der Waals surface area contributed by atoms with Crippen LogP contribution in [0.4, 0.5) is 0 Å². The van der Waals surface area contributed by atoms with Crippen molar-refractivity contribution in [1.82, 2.24) is 4.90 Å². The van der Waals surface area contributed by atoms with Crippen molar-refractivity contribution in [2.75, 3.05) is 27.2 Å². The molecule has 1 atom stereocenters. The molecule has 1 fully saturated rings. The zero-order valence-corrected chi connectivity index (χ0v) is 13.8. The Morgan fingerprint density at radius 2 is 2.05 bits per heavy atom. The van der Waals surface area contributed by atoms with Crippen molar-refractivity contribution in [3.8, 4) is 5.75 Å². The first kappa shape index (κ1) is 14.9. The molecule has 0 bridgehead atoms. The van der Waals surface area contributed by atoms with Gasteiger partial charge < -0.3 is 9.64 Å². The quantitative estimate of drug-likeness (QED) is 0.832. The van der Waals surface area contributed by atoms with Crippen LogP contribution in [-0.2, 0) is 11.8 Å². The van der Waals surface area contributed by atoms with Crippen LogP contribution >= 0.6 is 0 Å². The van der Waals surface area contributed by atoms with E-state index >= 15 is 0 Å². The molecule has 1 saturated heterocycles. The van der Waals surface area contributed by atoms with Crippen molar-refractivity contribution in [3.05, 3.63) is 29.3 Å². The largest absolute Gasteiger partial charge is 0.497 e. The second kappa shape index (κ2) is 6.00. The van der Waals surface area contributed by atoms with E-state index in [-0.39, 0.29) is 0 Å². The topological polar surface area (TPSA) is 12.5 Å². The summed E-state index contributed by atoms with van der Waals surface area (Å²) < 4.78 is 5.47. The fraction of sp³-hybridized carbons (Fsp3) is 0.684. The average molecular weight is 287 g/mol. The highest BCUT2D eigenvalue weighted by Crippen LogP contribution is 2.44. The molecule has 21 heavy (non-hydrogen) atoms. The predicted octanol–water partition coefficient (Wildman–Crippen LogP) is 4.02. The van der Waals surface area contributed by atoms with Gasteiger partial charge in [0.05, 0.1) is 7.11 Å². The molecule has 3 rings (SSSR count). The number of nitrogens with zero attached hydrogens (tertiary/aromatic N) is 1. The van der Waals surface area contributed by atoms with Gasteiger partial charge in [0, 0.05) is 0 Å². The number of benzene rings is 1. The predicted molar refractivity (Wildman–Crippen MR) is 88.1 cm³/mol. The van der Waals surface area contributed by atoms with Crippen LogP contribution in [0.3, 0.4) is 0 Å². The Hall–Kier alpha value is -1.02. The molecule has 1 aliphatic carbocycles. The van der Waals surface area contributed by atoms with Gasteiger partial charge in [0.15, 0.2) is 0 Å². The maximum absolute atomic E-state index is 5.47. The summed E-state index contributed by atoms with van der Waals surface area (Å²) in [4.78, 5) is 2.47. The minimum atomic E-state index is 0.350. The third-order valence-electron chi connectivity index (χ3n) is 5.72. The number of fused-ring (bicyclic) bond motifs is 1. The van der Waals surface area contributed by atoms with E-state index in [1.54, 1.807) is 18.2 Å². The van der Waals surface area contributed by atoms with Gasteiger partial charge >= 0.3 is 0 Å². The van der Waals surface area contributed by atoms with E-state index < -0.39 is 0 Å². The molecule has 1 aliphatic heterocycles. The lowest BCUT2D eigenvalue weighted by Crippen LogP contribution is -2.35. The Labute approximate surface area is 129 Å². The molecule has 0 spiro atoms. The first-order valence-corrected chi connectivity index (χ1v) is 8.47. The Morgan fingerprint density at radius 1 is 1.29 bits per heavy atom. The van der Waals surface area contributed by atoms with Gasteiger partial charge in [0.1, 0.15) is 5.75 Å². The van der Waals surface area contributed by atoms with Gasteiger partial charge in [-0.15, -0.1) is 0 Å². The second-order valence-electron chi connectivity index (χ2n) is 7.39. The Kier molecular flexibility index (Phi) is 4.26. The first-order valence-electron chi connectivity index (χ1n) is 8.47. The highest BCUT2D eigenvalue weighted by molar-refractivity contribution is 5.42. The molecular weight excluding hydrogens is 258 g/mol. The zero-order chi connectivity index (χ0) is 14.9. The second-order valence-corrected chi connectivity index (χ2v) is 7.39. The molecule has 0 aromatic heterocycles. The maximum atomic E-state index is 5.47. The zero-order valence-electron chi connectivity index (χ0n) is 13.8. The lowest BCUT2D eigenvalue weighted by Gasteiger charge is -2.41. The van der Waals surface area contributed by atoms with Gasteiger partial charge in [0.2, 0.25) is 0 Å². The summed E-state index contributed by atoms with van der Waals surface area (Å²) in [5, 5.41) is 0. The van der Waals surface area contributed by atoms with Crippen molar-refractivity contribution in [2.45, 2.75) is 50.9 Å². The Morgan fingerprint density at radius 3 is 2.76 bits per heavy atom. The lowest BCUT2D eigenvalue weighted by molar-refractivity contribution is 0.180. The van der Waals surface area contributed by atoms with E-state index in [4.69, 9.17) is 4.74 Å². The summed E-state index contributed by atoms with van der Waals surface area (Å²) >= 11 is 0. The SMILES string of the molecule is COc1ccc2c(c1)C(C)(CC1CCN(C)CC1)CCC2. The molecule has 0 amide bonds. The van der Waals surface area contributed by atoms with Crippen molar-refractivity contribution >= 4 is 0 Å². The Balaban J connectivity index is 1.81. The van der Waals surface area contributed by atoms with E-state index in [2.05, 4.69) is 37.1 Å². The van der Waals surface area contributed by atoms with Crippen LogP contribution in [-0.4, -0.2) is 32.1 Å².